The summed E-state index contributed by atoms with van der Waals surface area (Å²) < 4.78 is 1.78. The van der Waals surface area contributed by atoms with Crippen LogP contribution in [0.3, 0.4) is 0 Å². The number of aromatic hydroxyl groups is 1. The van der Waals surface area contributed by atoms with Gasteiger partial charge in [-0.2, -0.15) is 5.10 Å². The summed E-state index contributed by atoms with van der Waals surface area (Å²) in [4.78, 5) is 12.1. The van der Waals surface area contributed by atoms with Crippen molar-refractivity contribution < 1.29 is 9.90 Å². The zero-order chi connectivity index (χ0) is 14.8. The lowest BCUT2D eigenvalue weighted by Crippen LogP contribution is -2.28. The average Bonchev–Trinajstić information content (AvgIpc) is 3.05. The van der Waals surface area contributed by atoms with Crippen LogP contribution >= 0.6 is 0 Å². The number of phenolic OH excluding ortho intramolecular Hbond substituents is 1. The molecule has 2 aromatic rings. The highest BCUT2D eigenvalue weighted by atomic mass is 16.3. The minimum absolute atomic E-state index is 0.0129. The number of fused-ring (bicyclic) bond motifs is 1. The number of carbonyl (C=O) groups excluding carboxylic acids is 1. The van der Waals surface area contributed by atoms with E-state index < -0.39 is 0 Å². The molecule has 0 bridgehead atoms. The Kier molecular flexibility index (Phi) is 3.64. The van der Waals surface area contributed by atoms with E-state index in [1.807, 2.05) is 25.3 Å². The van der Waals surface area contributed by atoms with E-state index >= 15 is 0 Å². The van der Waals surface area contributed by atoms with Crippen LogP contribution in [0.4, 0.5) is 0 Å². The summed E-state index contributed by atoms with van der Waals surface area (Å²) in [6.07, 6.45) is 5.78. The van der Waals surface area contributed by atoms with Crippen LogP contribution in [0.5, 0.6) is 5.75 Å². The first-order valence-electron chi connectivity index (χ1n) is 7.22. The fourth-order valence-corrected chi connectivity index (χ4v) is 2.86. The number of phenols is 1. The Morgan fingerprint density at radius 1 is 1.52 bits per heavy atom. The maximum atomic E-state index is 12.1. The zero-order valence-electron chi connectivity index (χ0n) is 12.0. The standard InChI is InChI=1S/C16H19N3O2/c1-11-9-17-19(10-11)8-7-16(21)18-14-6-5-13-12(14)3-2-4-15(13)20/h2-4,9-10,14,20H,5-8H2,1H3,(H,18,21)/t14-/m0/s1. The minimum Gasteiger partial charge on any atom is -0.508 e. The summed E-state index contributed by atoms with van der Waals surface area (Å²) in [5, 5.41) is 17.0. The number of amides is 1. The van der Waals surface area contributed by atoms with E-state index in [-0.39, 0.29) is 11.9 Å². The van der Waals surface area contributed by atoms with Crippen molar-refractivity contribution >= 4 is 5.91 Å². The third kappa shape index (κ3) is 2.91. The molecule has 0 saturated carbocycles. The van der Waals surface area contributed by atoms with E-state index in [0.717, 1.165) is 29.5 Å². The van der Waals surface area contributed by atoms with Crippen LogP contribution in [0, 0.1) is 6.92 Å². The third-order valence-corrected chi connectivity index (χ3v) is 3.91. The smallest absolute Gasteiger partial charge is 0.222 e. The number of rotatable bonds is 4. The number of hydrogen-bond acceptors (Lipinski definition) is 3. The molecule has 0 fully saturated rings. The molecule has 3 rings (SSSR count). The molecule has 0 unspecified atom stereocenters. The van der Waals surface area contributed by atoms with Gasteiger partial charge in [-0.3, -0.25) is 9.48 Å². The van der Waals surface area contributed by atoms with Crippen molar-refractivity contribution in [2.75, 3.05) is 0 Å². The maximum absolute atomic E-state index is 12.1. The Morgan fingerprint density at radius 2 is 2.38 bits per heavy atom. The molecule has 110 valence electrons. The lowest BCUT2D eigenvalue weighted by Gasteiger charge is -2.14. The summed E-state index contributed by atoms with van der Waals surface area (Å²) in [7, 11) is 0. The first-order chi connectivity index (χ1) is 10.1. The lowest BCUT2D eigenvalue weighted by molar-refractivity contribution is -0.122. The summed E-state index contributed by atoms with van der Waals surface area (Å²) in [5.74, 6) is 0.348. The van der Waals surface area contributed by atoms with Gasteiger partial charge in [-0.15, -0.1) is 0 Å². The minimum atomic E-state index is 0.0129. The number of benzene rings is 1. The van der Waals surface area contributed by atoms with E-state index in [4.69, 9.17) is 0 Å². The first kappa shape index (κ1) is 13.7. The molecule has 0 spiro atoms. The Labute approximate surface area is 123 Å². The topological polar surface area (TPSA) is 67.2 Å². The van der Waals surface area contributed by atoms with Crippen LogP contribution < -0.4 is 5.32 Å². The summed E-state index contributed by atoms with van der Waals surface area (Å²) >= 11 is 0. The number of carbonyl (C=O) groups is 1. The molecule has 0 aliphatic heterocycles. The van der Waals surface area contributed by atoms with Crippen LogP contribution in [-0.4, -0.2) is 20.8 Å². The van der Waals surface area contributed by atoms with E-state index in [1.165, 1.54) is 0 Å². The molecule has 1 heterocycles. The van der Waals surface area contributed by atoms with Gasteiger partial charge in [-0.05, 0) is 42.5 Å². The molecule has 1 amide bonds. The number of nitrogens with one attached hydrogen (secondary N) is 1. The molecule has 5 nitrogen and oxygen atoms in total. The van der Waals surface area contributed by atoms with Crippen molar-refractivity contribution in [2.24, 2.45) is 0 Å². The highest BCUT2D eigenvalue weighted by molar-refractivity contribution is 5.76. The quantitative estimate of drug-likeness (QED) is 0.904. The van der Waals surface area contributed by atoms with Gasteiger partial charge in [0.1, 0.15) is 5.75 Å². The Bertz CT molecular complexity index is 663. The Balaban J connectivity index is 1.58. The van der Waals surface area contributed by atoms with Gasteiger partial charge >= 0.3 is 0 Å². The van der Waals surface area contributed by atoms with Gasteiger partial charge in [0, 0.05) is 19.2 Å². The van der Waals surface area contributed by atoms with Crippen LogP contribution in [0.25, 0.3) is 0 Å². The predicted molar refractivity (Wildman–Crippen MR) is 78.9 cm³/mol. The Hall–Kier alpha value is -2.30. The van der Waals surface area contributed by atoms with Crippen LogP contribution in [-0.2, 0) is 17.8 Å². The zero-order valence-corrected chi connectivity index (χ0v) is 12.0. The molecule has 2 N–H and O–H groups in total. The largest absolute Gasteiger partial charge is 0.508 e. The second kappa shape index (κ2) is 5.60. The van der Waals surface area contributed by atoms with E-state index in [0.29, 0.717) is 18.7 Å². The highest BCUT2D eigenvalue weighted by Crippen LogP contribution is 2.36. The van der Waals surface area contributed by atoms with Gasteiger partial charge in [0.05, 0.1) is 12.2 Å². The molecular formula is C16H19N3O2. The average molecular weight is 285 g/mol. The maximum Gasteiger partial charge on any atom is 0.222 e. The molecular weight excluding hydrogens is 266 g/mol. The number of aromatic nitrogens is 2. The van der Waals surface area contributed by atoms with Crippen molar-refractivity contribution in [3.05, 3.63) is 47.3 Å². The van der Waals surface area contributed by atoms with E-state index in [9.17, 15) is 9.90 Å². The normalized spacial score (nSPS) is 16.7. The fourth-order valence-electron chi connectivity index (χ4n) is 2.86. The molecule has 5 heteroatoms. The Morgan fingerprint density at radius 3 is 3.14 bits per heavy atom. The number of hydrogen-bond donors (Lipinski definition) is 2. The third-order valence-electron chi connectivity index (χ3n) is 3.91. The lowest BCUT2D eigenvalue weighted by atomic mass is 10.1. The van der Waals surface area contributed by atoms with Crippen molar-refractivity contribution in [3.8, 4) is 5.75 Å². The van der Waals surface area contributed by atoms with Crippen molar-refractivity contribution in [3.63, 3.8) is 0 Å². The second-order valence-corrected chi connectivity index (χ2v) is 5.53. The fraction of sp³-hybridized carbons (Fsp3) is 0.375. The molecule has 1 aliphatic rings. The van der Waals surface area contributed by atoms with Crippen molar-refractivity contribution in [1.82, 2.24) is 15.1 Å². The molecule has 1 aromatic heterocycles. The van der Waals surface area contributed by atoms with Crippen molar-refractivity contribution in [1.29, 1.82) is 0 Å². The van der Waals surface area contributed by atoms with Crippen LogP contribution in [0.15, 0.2) is 30.6 Å². The predicted octanol–water partition coefficient (Wildman–Crippen LogP) is 2.09. The summed E-state index contributed by atoms with van der Waals surface area (Å²) in [6.45, 7) is 2.56. The van der Waals surface area contributed by atoms with Crippen molar-refractivity contribution in [2.45, 2.75) is 38.8 Å². The van der Waals surface area contributed by atoms with Crippen LogP contribution in [0.1, 0.15) is 35.6 Å². The molecule has 0 saturated heterocycles. The molecule has 0 radical (unpaired) electrons. The first-order valence-corrected chi connectivity index (χ1v) is 7.22. The molecule has 21 heavy (non-hydrogen) atoms. The van der Waals surface area contributed by atoms with Gasteiger partial charge in [-0.1, -0.05) is 12.1 Å². The van der Waals surface area contributed by atoms with Crippen LogP contribution in [0.2, 0.25) is 0 Å². The van der Waals surface area contributed by atoms with Gasteiger partial charge in [0.15, 0.2) is 0 Å². The SMILES string of the molecule is Cc1cnn(CCC(=O)N[C@H]2CCc3c(O)cccc32)c1. The van der Waals surface area contributed by atoms with Gasteiger partial charge in [-0.25, -0.2) is 0 Å². The van der Waals surface area contributed by atoms with E-state index in [1.54, 1.807) is 16.9 Å². The number of aryl methyl sites for hydroxylation is 2. The van der Waals surface area contributed by atoms with Gasteiger partial charge in [0.25, 0.3) is 0 Å². The highest BCUT2D eigenvalue weighted by Gasteiger charge is 2.25. The summed E-state index contributed by atoms with van der Waals surface area (Å²) in [5.41, 5.74) is 3.10. The van der Waals surface area contributed by atoms with E-state index in [2.05, 4.69) is 10.4 Å². The molecule has 1 aromatic carbocycles. The monoisotopic (exact) mass is 285 g/mol. The summed E-state index contributed by atoms with van der Waals surface area (Å²) in [6, 6.07) is 5.51. The van der Waals surface area contributed by atoms with Gasteiger partial charge < -0.3 is 10.4 Å². The second-order valence-electron chi connectivity index (χ2n) is 5.53. The molecule has 1 aliphatic carbocycles. The van der Waals surface area contributed by atoms with Gasteiger partial charge in [0.2, 0.25) is 5.91 Å². The molecule has 1 atom stereocenters. The number of nitrogens with zero attached hydrogens (tertiary/aromatic N) is 2.